The van der Waals surface area contributed by atoms with E-state index in [1.807, 2.05) is 25.1 Å². The van der Waals surface area contributed by atoms with Crippen LogP contribution in [0.5, 0.6) is 0 Å². The molecule has 1 heterocycles. The van der Waals surface area contributed by atoms with E-state index in [9.17, 15) is 14.4 Å². The molecule has 2 aliphatic carbocycles. The van der Waals surface area contributed by atoms with Crippen LogP contribution >= 0.6 is 24.0 Å². The first-order valence-electron chi connectivity index (χ1n) is 11.0. The van der Waals surface area contributed by atoms with Crippen LogP contribution in [0.25, 0.3) is 0 Å². The number of hydrogen-bond acceptors (Lipinski definition) is 4. The maximum atomic E-state index is 12.7. The second kappa shape index (κ2) is 10.9. The van der Waals surface area contributed by atoms with Gasteiger partial charge in [0.15, 0.2) is 5.96 Å². The maximum absolute atomic E-state index is 12.7. The first-order valence-corrected chi connectivity index (χ1v) is 11.0. The number of benzene rings is 1. The summed E-state index contributed by atoms with van der Waals surface area (Å²) in [4.78, 5) is 43.4. The molecule has 0 aromatic heterocycles. The summed E-state index contributed by atoms with van der Waals surface area (Å²) in [6, 6.07) is 9.04. The highest BCUT2D eigenvalue weighted by atomic mass is 127. The number of nitrogens with one attached hydrogen (secondary N) is 3. The molecule has 1 aliphatic heterocycles. The zero-order chi connectivity index (χ0) is 21.8. The molecule has 0 radical (unpaired) electrons. The molecule has 4 atom stereocenters. The Morgan fingerprint density at radius 2 is 1.66 bits per heavy atom. The van der Waals surface area contributed by atoms with Gasteiger partial charge in [-0.15, -0.1) is 24.0 Å². The van der Waals surface area contributed by atoms with Crippen LogP contribution in [0.15, 0.2) is 47.5 Å². The van der Waals surface area contributed by atoms with Crippen molar-refractivity contribution in [3.8, 4) is 0 Å². The van der Waals surface area contributed by atoms with Crippen molar-refractivity contribution >= 4 is 47.7 Å². The van der Waals surface area contributed by atoms with Gasteiger partial charge in [-0.3, -0.25) is 24.3 Å². The minimum atomic E-state index is -0.155. The average molecular weight is 551 g/mol. The van der Waals surface area contributed by atoms with Gasteiger partial charge < -0.3 is 16.0 Å². The monoisotopic (exact) mass is 551 g/mol. The standard InChI is InChI=1S/C23H29N5O3.HI/c1-2-24-23(26-11-10-25-20(29)15-6-4-3-5-7-15)27-12-13-28-21(30)18-16-8-9-17(14-16)19(18)22(28)31;/h3-9,16-19H,2,10-14H2,1H3,(H,25,29)(H2,24,26,27);1H. The number of carbonyl (C=O) groups is 3. The predicted octanol–water partition coefficient (Wildman–Crippen LogP) is 1.40. The summed E-state index contributed by atoms with van der Waals surface area (Å²) >= 11 is 0. The summed E-state index contributed by atoms with van der Waals surface area (Å²) in [5, 5.41) is 9.16. The molecule has 8 nitrogen and oxygen atoms in total. The maximum Gasteiger partial charge on any atom is 0.251 e. The zero-order valence-electron chi connectivity index (χ0n) is 18.1. The Balaban J connectivity index is 0.00000289. The fourth-order valence-corrected chi connectivity index (χ4v) is 4.84. The summed E-state index contributed by atoms with van der Waals surface area (Å²) in [6.07, 6.45) is 5.15. The highest BCUT2D eigenvalue weighted by molar-refractivity contribution is 14.0. The topological polar surface area (TPSA) is 103 Å². The lowest BCUT2D eigenvalue weighted by molar-refractivity contribution is -0.140. The number of halogens is 1. The highest BCUT2D eigenvalue weighted by Gasteiger charge is 2.58. The van der Waals surface area contributed by atoms with Crippen molar-refractivity contribution in [2.75, 3.05) is 32.7 Å². The number of hydrogen-bond donors (Lipinski definition) is 3. The Hall–Kier alpha value is -2.43. The van der Waals surface area contributed by atoms with E-state index in [1.165, 1.54) is 4.90 Å². The molecule has 3 aliphatic rings. The SMILES string of the molecule is CCNC(=NCCNC(=O)c1ccccc1)NCCN1C(=O)C2C3C=CC(C3)C2C1=O.I. The number of amides is 3. The molecule has 2 fully saturated rings. The van der Waals surface area contributed by atoms with Gasteiger partial charge in [-0.25, -0.2) is 0 Å². The van der Waals surface area contributed by atoms with Crippen molar-refractivity contribution in [3.05, 3.63) is 48.0 Å². The van der Waals surface area contributed by atoms with Gasteiger partial charge in [0.1, 0.15) is 0 Å². The fraction of sp³-hybridized carbons (Fsp3) is 0.478. The molecule has 2 bridgehead atoms. The minimum absolute atomic E-state index is 0. The average Bonchev–Trinajstić information content (AvgIpc) is 3.46. The summed E-state index contributed by atoms with van der Waals surface area (Å²) in [5.41, 5.74) is 0.616. The third-order valence-corrected chi connectivity index (χ3v) is 6.24. The number of fused-ring (bicyclic) bond motifs is 5. The van der Waals surface area contributed by atoms with Crippen molar-refractivity contribution in [3.63, 3.8) is 0 Å². The molecule has 1 saturated carbocycles. The van der Waals surface area contributed by atoms with Gasteiger partial charge in [0, 0.05) is 31.7 Å². The highest BCUT2D eigenvalue weighted by Crippen LogP contribution is 2.52. The normalized spacial score (nSPS) is 25.5. The van der Waals surface area contributed by atoms with Crippen molar-refractivity contribution in [2.45, 2.75) is 13.3 Å². The smallest absolute Gasteiger partial charge is 0.251 e. The number of likely N-dealkylation sites (tertiary alicyclic amines) is 1. The van der Waals surface area contributed by atoms with E-state index in [4.69, 9.17) is 0 Å². The molecular formula is C23H30IN5O3. The van der Waals surface area contributed by atoms with Gasteiger partial charge in [-0.2, -0.15) is 0 Å². The Morgan fingerprint density at radius 3 is 2.28 bits per heavy atom. The largest absolute Gasteiger partial charge is 0.357 e. The molecule has 1 aromatic carbocycles. The van der Waals surface area contributed by atoms with Gasteiger partial charge in [0.05, 0.1) is 18.4 Å². The van der Waals surface area contributed by atoms with Gasteiger partial charge in [0.2, 0.25) is 11.8 Å². The van der Waals surface area contributed by atoms with Crippen LogP contribution in [-0.4, -0.2) is 61.3 Å². The van der Waals surface area contributed by atoms with Crippen molar-refractivity contribution < 1.29 is 14.4 Å². The Labute approximate surface area is 205 Å². The molecule has 32 heavy (non-hydrogen) atoms. The van der Waals surface area contributed by atoms with E-state index >= 15 is 0 Å². The van der Waals surface area contributed by atoms with E-state index in [-0.39, 0.29) is 65.4 Å². The van der Waals surface area contributed by atoms with Crippen LogP contribution < -0.4 is 16.0 Å². The summed E-state index contributed by atoms with van der Waals surface area (Å²) in [7, 11) is 0. The first kappa shape index (κ1) is 24.2. The predicted molar refractivity (Wildman–Crippen MR) is 133 cm³/mol. The number of nitrogens with zero attached hydrogens (tertiary/aromatic N) is 2. The number of aliphatic imine (C=N–C) groups is 1. The molecule has 1 aromatic rings. The van der Waals surface area contributed by atoms with E-state index in [1.54, 1.807) is 12.1 Å². The molecule has 3 N–H and O–H groups in total. The van der Waals surface area contributed by atoms with Gasteiger partial charge in [-0.1, -0.05) is 30.4 Å². The second-order valence-corrected chi connectivity index (χ2v) is 8.14. The molecule has 172 valence electrons. The van der Waals surface area contributed by atoms with E-state index < -0.39 is 0 Å². The van der Waals surface area contributed by atoms with Crippen molar-refractivity contribution in [2.24, 2.45) is 28.7 Å². The Kier molecular flexibility index (Phi) is 8.27. The van der Waals surface area contributed by atoms with E-state index in [0.29, 0.717) is 44.2 Å². The Morgan fingerprint density at radius 1 is 1.00 bits per heavy atom. The van der Waals surface area contributed by atoms with Crippen LogP contribution in [0.4, 0.5) is 0 Å². The van der Waals surface area contributed by atoms with E-state index in [0.717, 1.165) is 6.42 Å². The fourth-order valence-electron chi connectivity index (χ4n) is 4.84. The van der Waals surface area contributed by atoms with Crippen LogP contribution in [0.1, 0.15) is 23.7 Å². The van der Waals surface area contributed by atoms with Gasteiger partial charge in [-0.05, 0) is 37.3 Å². The molecule has 4 rings (SSSR count). The molecule has 4 unspecified atom stereocenters. The minimum Gasteiger partial charge on any atom is -0.357 e. The summed E-state index contributed by atoms with van der Waals surface area (Å²) < 4.78 is 0. The van der Waals surface area contributed by atoms with Crippen LogP contribution in [0.2, 0.25) is 0 Å². The van der Waals surface area contributed by atoms with Crippen molar-refractivity contribution in [1.29, 1.82) is 0 Å². The second-order valence-electron chi connectivity index (χ2n) is 8.14. The molecule has 9 heteroatoms. The molecule has 1 saturated heterocycles. The third-order valence-electron chi connectivity index (χ3n) is 6.24. The number of imide groups is 1. The number of carbonyl (C=O) groups excluding carboxylic acids is 3. The lowest BCUT2D eigenvalue weighted by Gasteiger charge is -2.18. The number of allylic oxidation sites excluding steroid dienone is 2. The Bertz CT molecular complexity index is 874. The molecule has 0 spiro atoms. The number of guanidine groups is 1. The summed E-state index contributed by atoms with van der Waals surface area (Å²) in [5.74, 6) is 0.559. The summed E-state index contributed by atoms with van der Waals surface area (Å²) in [6.45, 7) is 4.23. The lowest BCUT2D eigenvalue weighted by atomic mass is 9.85. The number of rotatable bonds is 8. The van der Waals surface area contributed by atoms with Gasteiger partial charge >= 0.3 is 0 Å². The van der Waals surface area contributed by atoms with Crippen LogP contribution in [-0.2, 0) is 9.59 Å². The first-order chi connectivity index (χ1) is 15.1. The van der Waals surface area contributed by atoms with Crippen LogP contribution in [0, 0.1) is 23.7 Å². The van der Waals surface area contributed by atoms with Crippen molar-refractivity contribution in [1.82, 2.24) is 20.9 Å². The zero-order valence-corrected chi connectivity index (χ0v) is 20.5. The van der Waals surface area contributed by atoms with Crippen LogP contribution in [0.3, 0.4) is 0 Å². The lowest BCUT2D eigenvalue weighted by Crippen LogP contribution is -2.44. The molecule has 3 amide bonds. The quantitative estimate of drug-likeness (QED) is 0.113. The van der Waals surface area contributed by atoms with E-state index in [2.05, 4.69) is 33.1 Å². The van der Waals surface area contributed by atoms with Gasteiger partial charge in [0.25, 0.3) is 5.91 Å². The molecular weight excluding hydrogens is 521 g/mol. The third kappa shape index (κ3) is 4.97.